The van der Waals surface area contributed by atoms with E-state index < -0.39 is 6.03 Å². The third-order valence-corrected chi connectivity index (χ3v) is 6.79. The fourth-order valence-corrected chi connectivity index (χ4v) is 5.06. The minimum absolute atomic E-state index is 0.102. The van der Waals surface area contributed by atoms with E-state index in [1.807, 2.05) is 18.2 Å². The van der Waals surface area contributed by atoms with E-state index in [-0.39, 0.29) is 16.7 Å². The Morgan fingerprint density at radius 2 is 1.82 bits per heavy atom. The zero-order chi connectivity index (χ0) is 23.4. The molecule has 2 aromatic carbocycles. The Morgan fingerprint density at radius 1 is 1.12 bits per heavy atom. The molecule has 1 aliphatic heterocycles. The van der Waals surface area contributed by atoms with Crippen molar-refractivity contribution in [3.63, 3.8) is 0 Å². The smallest absolute Gasteiger partial charge is 0.329 e. The van der Waals surface area contributed by atoms with E-state index in [0.29, 0.717) is 12.1 Å². The van der Waals surface area contributed by atoms with Crippen molar-refractivity contribution in [1.29, 1.82) is 0 Å². The van der Waals surface area contributed by atoms with Crippen molar-refractivity contribution in [2.24, 2.45) is 0 Å². The van der Waals surface area contributed by atoms with Gasteiger partial charge in [0.15, 0.2) is 0 Å². The summed E-state index contributed by atoms with van der Waals surface area (Å²) in [6.45, 7) is 3.14. The van der Waals surface area contributed by atoms with E-state index >= 15 is 0 Å². The Hall–Kier alpha value is -3.17. The lowest BCUT2D eigenvalue weighted by Crippen LogP contribution is -2.48. The number of benzene rings is 2. The molecule has 1 aliphatic rings. The van der Waals surface area contributed by atoms with Gasteiger partial charge in [-0.15, -0.1) is 0 Å². The van der Waals surface area contributed by atoms with Crippen molar-refractivity contribution < 1.29 is 13.9 Å². The SMILES string of the molecule is CNC(=O)n1c(CC(c2ccc(F)cc2)N2CCN(c3ccccc3OC)CC2)csc1=O. The molecule has 1 saturated heterocycles. The number of hydrogen-bond acceptors (Lipinski definition) is 6. The number of methoxy groups -OCH3 is 1. The first-order valence-corrected chi connectivity index (χ1v) is 11.7. The van der Waals surface area contributed by atoms with Gasteiger partial charge in [0, 0.05) is 56.8 Å². The molecule has 0 aliphatic carbocycles. The molecule has 1 fully saturated rings. The standard InChI is InChI=1S/C24H27FN4O3S/c1-26-23(30)29-19(16-33-24(29)31)15-21(17-7-9-18(25)10-8-17)28-13-11-27(12-14-28)20-5-3-4-6-22(20)32-2/h3-10,16,21H,11-15H2,1-2H3,(H,26,30). The summed E-state index contributed by atoms with van der Waals surface area (Å²) in [6.07, 6.45) is 0.465. The summed E-state index contributed by atoms with van der Waals surface area (Å²) in [5.41, 5.74) is 2.65. The number of rotatable bonds is 6. The van der Waals surface area contributed by atoms with Crippen LogP contribution in [0, 0.1) is 5.82 Å². The molecule has 33 heavy (non-hydrogen) atoms. The van der Waals surface area contributed by atoms with Gasteiger partial charge in [0.05, 0.1) is 12.8 Å². The van der Waals surface area contributed by atoms with Crippen molar-refractivity contribution in [2.45, 2.75) is 12.5 Å². The largest absolute Gasteiger partial charge is 0.495 e. The molecule has 1 amide bonds. The summed E-state index contributed by atoms with van der Waals surface area (Å²) in [5, 5.41) is 4.27. The Balaban J connectivity index is 1.59. The highest BCUT2D eigenvalue weighted by Crippen LogP contribution is 2.31. The zero-order valence-corrected chi connectivity index (χ0v) is 19.5. The average molecular weight is 471 g/mol. The first-order valence-electron chi connectivity index (χ1n) is 10.8. The molecule has 4 rings (SSSR count). The number of halogens is 1. The second kappa shape index (κ2) is 10.2. The van der Waals surface area contributed by atoms with Gasteiger partial charge in [-0.05, 0) is 29.8 Å². The normalized spacial score (nSPS) is 15.3. The summed E-state index contributed by atoms with van der Waals surface area (Å²) < 4.78 is 20.3. The highest BCUT2D eigenvalue weighted by molar-refractivity contribution is 7.07. The molecule has 0 saturated carbocycles. The number of hydrogen-bond donors (Lipinski definition) is 1. The minimum atomic E-state index is -0.449. The quantitative estimate of drug-likeness (QED) is 0.599. The molecule has 2 heterocycles. The van der Waals surface area contributed by atoms with E-state index in [2.05, 4.69) is 21.2 Å². The van der Waals surface area contributed by atoms with Crippen LogP contribution in [-0.4, -0.2) is 55.8 Å². The van der Waals surface area contributed by atoms with Crippen molar-refractivity contribution in [3.8, 4) is 5.75 Å². The fourth-order valence-electron chi connectivity index (χ4n) is 4.31. The van der Waals surface area contributed by atoms with Gasteiger partial charge in [-0.1, -0.05) is 35.6 Å². The number of amides is 1. The van der Waals surface area contributed by atoms with E-state index in [9.17, 15) is 14.0 Å². The predicted molar refractivity (Wildman–Crippen MR) is 128 cm³/mol. The molecular weight excluding hydrogens is 443 g/mol. The molecule has 0 radical (unpaired) electrons. The maximum atomic E-state index is 13.6. The molecule has 1 N–H and O–H groups in total. The number of nitrogens with zero attached hydrogens (tertiary/aromatic N) is 3. The Bertz CT molecular complexity index is 1150. The highest BCUT2D eigenvalue weighted by atomic mass is 32.1. The molecule has 7 nitrogen and oxygen atoms in total. The molecule has 0 spiro atoms. The molecule has 0 bridgehead atoms. The van der Waals surface area contributed by atoms with E-state index in [0.717, 1.165) is 54.5 Å². The number of carbonyl (C=O) groups is 1. The number of anilines is 1. The topological polar surface area (TPSA) is 66.8 Å². The van der Waals surface area contributed by atoms with Gasteiger partial charge in [-0.3, -0.25) is 9.69 Å². The molecule has 1 atom stereocenters. The van der Waals surface area contributed by atoms with Gasteiger partial charge < -0.3 is 15.0 Å². The predicted octanol–water partition coefficient (Wildman–Crippen LogP) is 3.35. The van der Waals surface area contributed by atoms with E-state index in [4.69, 9.17) is 4.74 Å². The summed E-state index contributed by atoms with van der Waals surface area (Å²) in [5.74, 6) is 0.546. The summed E-state index contributed by atoms with van der Waals surface area (Å²) >= 11 is 1.01. The molecule has 1 unspecified atom stereocenters. The number of nitrogens with one attached hydrogen (secondary N) is 1. The van der Waals surface area contributed by atoms with Crippen LogP contribution in [0.25, 0.3) is 0 Å². The van der Waals surface area contributed by atoms with Crippen LogP contribution < -0.4 is 19.8 Å². The Morgan fingerprint density at radius 3 is 2.48 bits per heavy atom. The first kappa shape index (κ1) is 23.0. The van der Waals surface area contributed by atoms with Gasteiger partial charge in [0.1, 0.15) is 11.6 Å². The van der Waals surface area contributed by atoms with Gasteiger partial charge in [0.25, 0.3) is 0 Å². The van der Waals surface area contributed by atoms with Crippen LogP contribution in [-0.2, 0) is 6.42 Å². The number of para-hydroxylation sites is 2. The van der Waals surface area contributed by atoms with Crippen LogP contribution in [0.4, 0.5) is 14.9 Å². The van der Waals surface area contributed by atoms with Gasteiger partial charge in [-0.25, -0.2) is 13.8 Å². The van der Waals surface area contributed by atoms with E-state index in [1.165, 1.54) is 23.7 Å². The maximum Gasteiger partial charge on any atom is 0.329 e. The van der Waals surface area contributed by atoms with Gasteiger partial charge in [0.2, 0.25) is 0 Å². The number of piperazine rings is 1. The van der Waals surface area contributed by atoms with Crippen molar-refractivity contribution in [2.75, 3.05) is 45.2 Å². The molecular formula is C24H27FN4O3S. The Labute approximate surface area is 196 Å². The number of carbonyl (C=O) groups excluding carboxylic acids is 1. The molecule has 9 heteroatoms. The monoisotopic (exact) mass is 470 g/mol. The van der Waals surface area contributed by atoms with Crippen molar-refractivity contribution >= 4 is 23.1 Å². The summed E-state index contributed by atoms with van der Waals surface area (Å²) in [6, 6.07) is 13.9. The average Bonchev–Trinajstić information content (AvgIpc) is 3.22. The van der Waals surface area contributed by atoms with Crippen LogP contribution in [0.3, 0.4) is 0 Å². The van der Waals surface area contributed by atoms with Crippen LogP contribution in [0.1, 0.15) is 17.3 Å². The summed E-state index contributed by atoms with van der Waals surface area (Å²) in [7, 11) is 3.18. The number of ether oxygens (including phenoxy) is 1. The second-order valence-corrected chi connectivity index (χ2v) is 8.67. The first-order chi connectivity index (χ1) is 16.0. The molecule has 3 aromatic rings. The summed E-state index contributed by atoms with van der Waals surface area (Å²) in [4.78, 5) is 28.9. The van der Waals surface area contributed by atoms with E-state index in [1.54, 1.807) is 24.6 Å². The third kappa shape index (κ3) is 4.94. The van der Waals surface area contributed by atoms with Crippen LogP contribution in [0.15, 0.2) is 58.7 Å². The zero-order valence-electron chi connectivity index (χ0n) is 18.7. The van der Waals surface area contributed by atoms with Crippen LogP contribution >= 0.6 is 11.3 Å². The fraction of sp³-hybridized carbons (Fsp3) is 0.333. The van der Waals surface area contributed by atoms with Crippen LogP contribution in [0.5, 0.6) is 5.75 Å². The van der Waals surface area contributed by atoms with Crippen molar-refractivity contribution in [3.05, 3.63) is 80.7 Å². The minimum Gasteiger partial charge on any atom is -0.495 e. The number of thiazole rings is 1. The van der Waals surface area contributed by atoms with Crippen LogP contribution in [0.2, 0.25) is 0 Å². The third-order valence-electron chi connectivity index (χ3n) is 6.02. The second-order valence-electron chi connectivity index (χ2n) is 7.85. The van der Waals surface area contributed by atoms with Gasteiger partial charge in [-0.2, -0.15) is 0 Å². The molecule has 174 valence electrons. The lowest BCUT2D eigenvalue weighted by atomic mass is 9.99. The number of aromatic nitrogens is 1. The maximum absolute atomic E-state index is 13.6. The highest BCUT2D eigenvalue weighted by Gasteiger charge is 2.28. The Kier molecular flexibility index (Phi) is 7.10. The lowest BCUT2D eigenvalue weighted by molar-refractivity contribution is 0.182. The lowest BCUT2D eigenvalue weighted by Gasteiger charge is -2.40. The van der Waals surface area contributed by atoms with Crippen molar-refractivity contribution in [1.82, 2.24) is 14.8 Å². The van der Waals surface area contributed by atoms with Gasteiger partial charge >= 0.3 is 10.9 Å². The molecule has 1 aromatic heterocycles.